The van der Waals surface area contributed by atoms with Crippen molar-refractivity contribution >= 4 is 27.5 Å². The zero-order chi connectivity index (χ0) is 12.3. The fourth-order valence-electron chi connectivity index (χ4n) is 1.77. The molecule has 0 saturated carbocycles. The summed E-state index contributed by atoms with van der Waals surface area (Å²) in [6.45, 7) is 4.36. The highest BCUT2D eigenvalue weighted by molar-refractivity contribution is 9.10. The maximum Gasteiger partial charge on any atom is 0.257 e. The summed E-state index contributed by atoms with van der Waals surface area (Å²) in [5, 5.41) is 3.23. The van der Waals surface area contributed by atoms with Gasteiger partial charge in [0.1, 0.15) is 0 Å². The second-order valence-electron chi connectivity index (χ2n) is 3.79. The lowest BCUT2D eigenvalue weighted by atomic mass is 10.1. The first-order chi connectivity index (χ1) is 8.22. The largest absolute Gasteiger partial charge is 0.380 e. The maximum atomic E-state index is 12.1. The van der Waals surface area contributed by atoms with Gasteiger partial charge in [-0.3, -0.25) is 4.79 Å². The van der Waals surface area contributed by atoms with Crippen molar-refractivity contribution in [2.45, 2.75) is 6.92 Å². The Kier molecular flexibility index (Phi) is 4.02. The van der Waals surface area contributed by atoms with Gasteiger partial charge in [0.15, 0.2) is 0 Å². The molecule has 1 amide bonds. The molecule has 1 aromatic carbocycles. The van der Waals surface area contributed by atoms with Gasteiger partial charge in [0.2, 0.25) is 0 Å². The number of anilines is 1. The fourth-order valence-corrected chi connectivity index (χ4v) is 2.13. The molecule has 4 nitrogen and oxygen atoms in total. The number of hydrogen-bond donors (Lipinski definition) is 1. The Hall–Kier alpha value is -1.07. The number of hydrogen-bond acceptors (Lipinski definition) is 3. The molecule has 0 atom stereocenters. The van der Waals surface area contributed by atoms with Crippen LogP contribution in [0.5, 0.6) is 0 Å². The fraction of sp³-hybridized carbons (Fsp3) is 0.417. The van der Waals surface area contributed by atoms with Gasteiger partial charge in [-0.25, -0.2) is 0 Å². The van der Waals surface area contributed by atoms with Crippen molar-refractivity contribution in [3.63, 3.8) is 0 Å². The van der Waals surface area contributed by atoms with Gasteiger partial charge in [0.25, 0.3) is 5.91 Å². The number of ether oxygens (including phenoxy) is 1. The third-order valence-corrected chi connectivity index (χ3v) is 3.16. The molecule has 1 N–H and O–H groups in total. The van der Waals surface area contributed by atoms with E-state index < -0.39 is 0 Å². The van der Waals surface area contributed by atoms with Crippen LogP contribution in [0.2, 0.25) is 0 Å². The average molecular weight is 299 g/mol. The van der Waals surface area contributed by atoms with Gasteiger partial charge in [-0.2, -0.15) is 0 Å². The van der Waals surface area contributed by atoms with Crippen LogP contribution < -0.4 is 5.32 Å². The van der Waals surface area contributed by atoms with Gasteiger partial charge >= 0.3 is 0 Å². The zero-order valence-corrected chi connectivity index (χ0v) is 11.3. The molecule has 0 saturated heterocycles. The Morgan fingerprint density at radius 2 is 2.35 bits per heavy atom. The molecule has 1 heterocycles. The number of rotatable bonds is 4. The minimum Gasteiger partial charge on any atom is -0.380 e. The van der Waals surface area contributed by atoms with Crippen molar-refractivity contribution in [1.82, 2.24) is 4.90 Å². The summed E-state index contributed by atoms with van der Waals surface area (Å²) >= 11 is 3.39. The molecule has 0 spiro atoms. The minimum absolute atomic E-state index is 0.0611. The van der Waals surface area contributed by atoms with E-state index >= 15 is 0 Å². The summed E-state index contributed by atoms with van der Waals surface area (Å²) in [5.74, 6) is 0.0611. The first kappa shape index (κ1) is 12.4. The van der Waals surface area contributed by atoms with Crippen LogP contribution in [-0.2, 0) is 4.74 Å². The third-order valence-electron chi connectivity index (χ3n) is 2.67. The van der Waals surface area contributed by atoms with E-state index in [1.807, 2.05) is 25.1 Å². The van der Waals surface area contributed by atoms with Crippen molar-refractivity contribution < 1.29 is 9.53 Å². The number of nitrogens with one attached hydrogen (secondary N) is 1. The van der Waals surface area contributed by atoms with E-state index in [1.54, 1.807) is 4.90 Å². The molecule has 0 aromatic heterocycles. The van der Waals surface area contributed by atoms with Crippen molar-refractivity contribution in [2.24, 2.45) is 0 Å². The van der Waals surface area contributed by atoms with Crippen molar-refractivity contribution in [2.75, 3.05) is 31.7 Å². The molecular weight excluding hydrogens is 284 g/mol. The molecule has 0 aliphatic carbocycles. The standard InChI is InChI=1S/C12H15BrN2O2/c1-2-17-6-5-15-8-14-11-7-9(13)3-4-10(11)12(15)16/h3-4,7,14H,2,5-6,8H2,1H3. The number of fused-ring (bicyclic) bond motifs is 1. The third kappa shape index (κ3) is 2.79. The molecule has 17 heavy (non-hydrogen) atoms. The zero-order valence-electron chi connectivity index (χ0n) is 9.70. The number of amides is 1. The molecule has 0 radical (unpaired) electrons. The first-order valence-corrected chi connectivity index (χ1v) is 6.42. The Morgan fingerprint density at radius 3 is 3.12 bits per heavy atom. The van der Waals surface area contributed by atoms with Crippen molar-refractivity contribution in [3.8, 4) is 0 Å². The summed E-state index contributed by atoms with van der Waals surface area (Å²) in [4.78, 5) is 13.9. The van der Waals surface area contributed by atoms with E-state index in [4.69, 9.17) is 4.74 Å². The highest BCUT2D eigenvalue weighted by Gasteiger charge is 2.23. The highest BCUT2D eigenvalue weighted by atomic mass is 79.9. The number of halogens is 1. The molecule has 2 rings (SSSR count). The second kappa shape index (κ2) is 5.51. The Bertz CT molecular complexity index is 423. The quantitative estimate of drug-likeness (QED) is 0.868. The maximum absolute atomic E-state index is 12.1. The van der Waals surface area contributed by atoms with Gasteiger partial charge < -0.3 is 15.0 Å². The van der Waals surface area contributed by atoms with Gasteiger partial charge in [-0.1, -0.05) is 15.9 Å². The summed E-state index contributed by atoms with van der Waals surface area (Å²) in [5.41, 5.74) is 1.60. The average Bonchev–Trinajstić information content (AvgIpc) is 2.32. The molecule has 1 aliphatic rings. The van der Waals surface area contributed by atoms with Gasteiger partial charge in [0.05, 0.1) is 18.8 Å². The topological polar surface area (TPSA) is 41.6 Å². The SMILES string of the molecule is CCOCCN1CNc2cc(Br)ccc2C1=O. The van der Waals surface area contributed by atoms with Gasteiger partial charge in [0, 0.05) is 23.3 Å². The predicted octanol–water partition coefficient (Wildman–Crippen LogP) is 2.31. The lowest BCUT2D eigenvalue weighted by molar-refractivity contribution is 0.0663. The molecule has 0 unspecified atom stereocenters. The smallest absolute Gasteiger partial charge is 0.257 e. The summed E-state index contributed by atoms with van der Waals surface area (Å²) in [6.07, 6.45) is 0. The first-order valence-electron chi connectivity index (χ1n) is 5.63. The van der Waals surface area contributed by atoms with Crippen LogP contribution in [0.25, 0.3) is 0 Å². The Labute approximate surface area is 109 Å². The molecule has 1 aromatic rings. The molecule has 0 bridgehead atoms. The lowest BCUT2D eigenvalue weighted by Gasteiger charge is -2.29. The Balaban J connectivity index is 2.08. The monoisotopic (exact) mass is 298 g/mol. The number of nitrogens with zero attached hydrogens (tertiary/aromatic N) is 1. The van der Waals surface area contributed by atoms with E-state index in [9.17, 15) is 4.79 Å². The van der Waals surface area contributed by atoms with E-state index in [-0.39, 0.29) is 5.91 Å². The van der Waals surface area contributed by atoms with Crippen LogP contribution in [0.1, 0.15) is 17.3 Å². The normalized spacial score (nSPS) is 14.5. The summed E-state index contributed by atoms with van der Waals surface area (Å²) in [6, 6.07) is 5.64. The van der Waals surface area contributed by atoms with Crippen LogP contribution in [0, 0.1) is 0 Å². The van der Waals surface area contributed by atoms with E-state index in [2.05, 4.69) is 21.2 Å². The van der Waals surface area contributed by atoms with Crippen LogP contribution in [0.4, 0.5) is 5.69 Å². The van der Waals surface area contributed by atoms with Crippen LogP contribution in [0.15, 0.2) is 22.7 Å². The summed E-state index contributed by atoms with van der Waals surface area (Å²) < 4.78 is 6.23. The van der Waals surface area contributed by atoms with Crippen molar-refractivity contribution in [3.05, 3.63) is 28.2 Å². The van der Waals surface area contributed by atoms with Crippen molar-refractivity contribution in [1.29, 1.82) is 0 Å². The van der Waals surface area contributed by atoms with E-state index in [0.717, 1.165) is 15.7 Å². The molecule has 5 heteroatoms. The van der Waals surface area contributed by atoms with Gasteiger partial charge in [-0.05, 0) is 25.1 Å². The highest BCUT2D eigenvalue weighted by Crippen LogP contribution is 2.25. The molecule has 92 valence electrons. The minimum atomic E-state index is 0.0611. The van der Waals surface area contributed by atoms with E-state index in [0.29, 0.717) is 26.4 Å². The number of carbonyl (C=O) groups excluding carboxylic acids is 1. The molecule has 1 aliphatic heterocycles. The van der Waals surface area contributed by atoms with Crippen LogP contribution in [0.3, 0.4) is 0 Å². The Morgan fingerprint density at radius 1 is 1.53 bits per heavy atom. The van der Waals surface area contributed by atoms with Crippen LogP contribution in [-0.4, -0.2) is 37.2 Å². The summed E-state index contributed by atoms with van der Waals surface area (Å²) in [7, 11) is 0. The number of carbonyl (C=O) groups is 1. The van der Waals surface area contributed by atoms with Gasteiger partial charge in [-0.15, -0.1) is 0 Å². The van der Waals surface area contributed by atoms with Crippen LogP contribution >= 0.6 is 15.9 Å². The predicted molar refractivity (Wildman–Crippen MR) is 70.2 cm³/mol. The van der Waals surface area contributed by atoms with E-state index in [1.165, 1.54) is 0 Å². The molecular formula is C12H15BrN2O2. The molecule has 0 fully saturated rings. The number of benzene rings is 1. The lowest BCUT2D eigenvalue weighted by Crippen LogP contribution is -2.41. The second-order valence-corrected chi connectivity index (χ2v) is 4.71.